The molecule has 0 aromatic carbocycles. The Morgan fingerprint density at radius 1 is 1.56 bits per heavy atom. The molecule has 0 fully saturated rings. The van der Waals surface area contributed by atoms with Crippen LogP contribution in [-0.2, 0) is 11.4 Å². The van der Waals surface area contributed by atoms with Crippen LogP contribution in [0.25, 0.3) is 0 Å². The molecule has 0 bridgehead atoms. The van der Waals surface area contributed by atoms with Gasteiger partial charge in [-0.05, 0) is 33.8 Å². The third kappa shape index (κ3) is 3.34. The first-order chi connectivity index (χ1) is 7.34. The fourth-order valence-electron chi connectivity index (χ4n) is 0.891. The van der Waals surface area contributed by atoms with Crippen molar-refractivity contribution in [3.63, 3.8) is 0 Å². The van der Waals surface area contributed by atoms with Crippen molar-refractivity contribution in [3.05, 3.63) is 21.9 Å². The van der Waals surface area contributed by atoms with Crippen LogP contribution in [-0.4, -0.2) is 15.0 Å². The molecule has 0 aliphatic heterocycles. The first-order valence-corrected chi connectivity index (χ1v) is 6.79. The molecule has 0 N–H and O–H groups in total. The van der Waals surface area contributed by atoms with Crippen LogP contribution >= 0.6 is 11.3 Å². The Morgan fingerprint density at radius 3 is 2.62 bits per heavy atom. The number of nitrogens with zero attached hydrogens (tertiary/aromatic N) is 2. The number of thiophene rings is 1. The lowest BCUT2D eigenvalue weighted by Crippen LogP contribution is -2.26. The summed E-state index contributed by atoms with van der Waals surface area (Å²) in [5.74, 6) is 0. The van der Waals surface area contributed by atoms with Crippen molar-refractivity contribution >= 4 is 28.4 Å². The fourth-order valence-corrected chi connectivity index (χ4v) is 2.36. The predicted molar refractivity (Wildman–Crippen MR) is 69.1 cm³/mol. The quantitative estimate of drug-likeness (QED) is 0.602. The number of nitriles is 1. The zero-order chi connectivity index (χ0) is 12.3. The van der Waals surface area contributed by atoms with E-state index in [-0.39, 0.29) is 4.75 Å². The summed E-state index contributed by atoms with van der Waals surface area (Å²) in [5.41, 5.74) is 1.34. The number of hydrogen-bond acceptors (Lipinski definition) is 4. The minimum atomic E-state index is -1.25. The molecule has 1 unspecified atom stereocenters. The van der Waals surface area contributed by atoms with Gasteiger partial charge in [0.25, 0.3) is 0 Å². The van der Waals surface area contributed by atoms with Gasteiger partial charge in [0.2, 0.25) is 0 Å². The fraction of sp³-hybridized carbons (Fsp3) is 0.455. The molecule has 0 saturated heterocycles. The normalized spacial score (nSPS) is 14.6. The van der Waals surface area contributed by atoms with E-state index in [1.807, 2.05) is 27.7 Å². The van der Waals surface area contributed by atoms with E-state index in [4.69, 9.17) is 5.26 Å². The van der Waals surface area contributed by atoms with Gasteiger partial charge in [0.05, 0.1) is 10.4 Å². The van der Waals surface area contributed by atoms with Crippen LogP contribution in [0.4, 0.5) is 0 Å². The van der Waals surface area contributed by atoms with Crippen LogP contribution in [0, 0.1) is 11.3 Å². The lowest BCUT2D eigenvalue weighted by Gasteiger charge is -2.18. The Kier molecular flexibility index (Phi) is 4.14. The maximum atomic E-state index is 11.8. The van der Waals surface area contributed by atoms with Gasteiger partial charge in [-0.25, -0.2) is 0 Å². The molecule has 0 aliphatic rings. The van der Waals surface area contributed by atoms with Crippen molar-refractivity contribution in [1.29, 1.82) is 5.26 Å². The molecule has 0 spiro atoms. The standard InChI is InChI=1S/C11H14N2OS2/c1-8(13-16(14)11(2,3)4)10-5-9(6-12)7-15-10/h5,7H,1-4H3. The molecule has 1 aromatic rings. The maximum absolute atomic E-state index is 11.8. The van der Waals surface area contributed by atoms with Crippen molar-refractivity contribution in [1.82, 2.24) is 0 Å². The molecule has 0 amide bonds. The second kappa shape index (κ2) is 5.00. The van der Waals surface area contributed by atoms with Crippen LogP contribution < -0.4 is 0 Å². The smallest absolute Gasteiger partial charge is 0.144 e. The van der Waals surface area contributed by atoms with E-state index >= 15 is 0 Å². The van der Waals surface area contributed by atoms with E-state index < -0.39 is 11.4 Å². The molecule has 0 radical (unpaired) electrons. The molecule has 5 heteroatoms. The van der Waals surface area contributed by atoms with Crippen molar-refractivity contribution in [3.8, 4) is 6.07 Å². The van der Waals surface area contributed by atoms with Gasteiger partial charge in [0.15, 0.2) is 0 Å². The summed E-state index contributed by atoms with van der Waals surface area (Å²) in [6.07, 6.45) is 0. The summed E-state index contributed by atoms with van der Waals surface area (Å²) >= 11 is 0.198. The van der Waals surface area contributed by atoms with E-state index in [9.17, 15) is 4.55 Å². The molecule has 0 aliphatic carbocycles. The molecule has 16 heavy (non-hydrogen) atoms. The molecular weight excluding hydrogens is 240 g/mol. The summed E-state index contributed by atoms with van der Waals surface area (Å²) in [5, 5.41) is 10.5. The minimum absolute atomic E-state index is 0.351. The molecule has 3 nitrogen and oxygen atoms in total. The summed E-state index contributed by atoms with van der Waals surface area (Å²) in [7, 11) is 0. The van der Waals surface area contributed by atoms with Gasteiger partial charge in [-0.2, -0.15) is 5.26 Å². The first-order valence-electron chi connectivity index (χ1n) is 4.81. The Morgan fingerprint density at radius 2 is 2.19 bits per heavy atom. The SMILES string of the molecule is CC(=N[S+]([O-])C(C)(C)C)c1cc(C#N)cs1. The number of hydrogen-bond donors (Lipinski definition) is 0. The molecule has 1 rings (SSSR count). The lowest BCUT2D eigenvalue weighted by molar-refractivity contribution is 0.561. The third-order valence-corrected chi connectivity index (χ3v) is 4.36. The molecule has 1 heterocycles. The van der Waals surface area contributed by atoms with Crippen LogP contribution in [0.5, 0.6) is 0 Å². The Labute approximate surface area is 103 Å². The number of rotatable bonds is 2. The topological polar surface area (TPSA) is 59.2 Å². The van der Waals surface area contributed by atoms with E-state index in [0.29, 0.717) is 5.56 Å². The summed E-state index contributed by atoms with van der Waals surface area (Å²) in [6, 6.07) is 3.83. The van der Waals surface area contributed by atoms with Gasteiger partial charge >= 0.3 is 0 Å². The highest BCUT2D eigenvalue weighted by Crippen LogP contribution is 2.20. The van der Waals surface area contributed by atoms with Gasteiger partial charge in [0, 0.05) is 5.38 Å². The Bertz CT molecular complexity index is 438. The van der Waals surface area contributed by atoms with Crippen molar-refractivity contribution in [2.75, 3.05) is 0 Å². The van der Waals surface area contributed by atoms with Crippen LogP contribution in [0.2, 0.25) is 0 Å². The monoisotopic (exact) mass is 254 g/mol. The van der Waals surface area contributed by atoms with Gasteiger partial charge < -0.3 is 4.55 Å². The largest absolute Gasteiger partial charge is 0.591 e. The van der Waals surface area contributed by atoms with Crippen LogP contribution in [0.3, 0.4) is 0 Å². The first kappa shape index (κ1) is 13.2. The van der Waals surface area contributed by atoms with Gasteiger partial charge in [-0.1, -0.05) is 4.40 Å². The lowest BCUT2D eigenvalue weighted by atomic mass is 10.3. The van der Waals surface area contributed by atoms with Crippen molar-refractivity contribution in [2.45, 2.75) is 32.4 Å². The molecule has 86 valence electrons. The average Bonchev–Trinajstić information content (AvgIpc) is 2.64. The zero-order valence-corrected chi connectivity index (χ0v) is 11.4. The highest BCUT2D eigenvalue weighted by atomic mass is 32.2. The van der Waals surface area contributed by atoms with Crippen molar-refractivity contribution < 1.29 is 4.55 Å². The van der Waals surface area contributed by atoms with Crippen LogP contribution in [0.1, 0.15) is 38.1 Å². The second-order valence-electron chi connectivity index (χ2n) is 4.35. The van der Waals surface area contributed by atoms with Gasteiger partial charge in [0.1, 0.15) is 27.9 Å². The van der Waals surface area contributed by atoms with E-state index in [1.54, 1.807) is 11.4 Å². The average molecular weight is 254 g/mol. The van der Waals surface area contributed by atoms with E-state index in [1.165, 1.54) is 11.3 Å². The van der Waals surface area contributed by atoms with E-state index in [2.05, 4.69) is 10.5 Å². The highest BCUT2D eigenvalue weighted by molar-refractivity contribution is 7.91. The molecule has 1 atom stereocenters. The van der Waals surface area contributed by atoms with Crippen LogP contribution in [0.15, 0.2) is 15.8 Å². The molecule has 0 saturated carbocycles. The highest BCUT2D eigenvalue weighted by Gasteiger charge is 2.26. The summed E-state index contributed by atoms with van der Waals surface area (Å²) < 4.78 is 15.6. The van der Waals surface area contributed by atoms with Gasteiger partial charge in [-0.15, -0.1) is 11.3 Å². The maximum Gasteiger partial charge on any atom is 0.144 e. The summed E-state index contributed by atoms with van der Waals surface area (Å²) in [4.78, 5) is 0.897. The second-order valence-corrected chi connectivity index (χ2v) is 7.17. The third-order valence-electron chi connectivity index (χ3n) is 1.83. The van der Waals surface area contributed by atoms with Gasteiger partial charge in [-0.3, -0.25) is 0 Å². The molecule has 1 aromatic heterocycles. The Balaban J connectivity index is 2.90. The van der Waals surface area contributed by atoms with E-state index in [0.717, 1.165) is 10.6 Å². The predicted octanol–water partition coefficient (Wildman–Crippen LogP) is 2.89. The minimum Gasteiger partial charge on any atom is -0.591 e. The summed E-state index contributed by atoms with van der Waals surface area (Å²) in [6.45, 7) is 7.47. The zero-order valence-electron chi connectivity index (χ0n) is 9.77. The molecular formula is C11H14N2OS2. The Hall–Kier alpha value is -0.830. The van der Waals surface area contributed by atoms with Crippen molar-refractivity contribution in [2.24, 2.45) is 4.40 Å².